The molecule has 1 aliphatic heterocycles. The Labute approximate surface area is 67.8 Å². The third kappa shape index (κ3) is 1.09. The molecule has 0 bridgehead atoms. The molecule has 1 saturated carbocycles. The van der Waals surface area contributed by atoms with Gasteiger partial charge in [0.1, 0.15) is 0 Å². The van der Waals surface area contributed by atoms with E-state index in [-0.39, 0.29) is 0 Å². The first-order valence-electron chi connectivity index (χ1n) is 4.51. The molecule has 2 fully saturated rings. The van der Waals surface area contributed by atoms with E-state index in [2.05, 4.69) is 18.7 Å². The highest BCUT2D eigenvalue weighted by Gasteiger charge is 2.51. The van der Waals surface area contributed by atoms with E-state index in [1.807, 2.05) is 0 Å². The highest BCUT2D eigenvalue weighted by molar-refractivity contribution is 8.08. The fraction of sp³-hybridized carbons (Fsp3) is 1.00. The normalized spacial score (nSPS) is 37.5. The average molecular weight is 156 g/mol. The maximum Gasteiger partial charge on any atom is 0.0279 e. The highest BCUT2D eigenvalue weighted by Crippen LogP contribution is 2.60. The van der Waals surface area contributed by atoms with E-state index in [0.29, 0.717) is 0 Å². The van der Waals surface area contributed by atoms with Gasteiger partial charge in [-0.1, -0.05) is 32.6 Å². The molecule has 1 saturated heterocycles. The molecule has 58 valence electrons. The summed E-state index contributed by atoms with van der Waals surface area (Å²) in [6.07, 6.45) is 9.01. The Bertz CT molecular complexity index is 123. The zero-order valence-corrected chi connectivity index (χ0v) is 7.54. The maximum absolute atomic E-state index is 2.40. The van der Waals surface area contributed by atoms with Crippen molar-refractivity contribution < 1.29 is 0 Å². The first kappa shape index (κ1) is 7.02. The third-order valence-corrected chi connectivity index (χ3v) is 4.83. The second-order valence-corrected chi connectivity index (χ2v) is 5.49. The Morgan fingerprint density at radius 1 is 1.10 bits per heavy atom. The van der Waals surface area contributed by atoms with Crippen molar-refractivity contribution in [2.75, 3.05) is 0 Å². The van der Waals surface area contributed by atoms with Crippen LogP contribution < -0.4 is 0 Å². The van der Waals surface area contributed by atoms with Crippen LogP contribution in [0.1, 0.15) is 45.4 Å². The Kier molecular flexibility index (Phi) is 1.71. The summed E-state index contributed by atoms with van der Waals surface area (Å²) >= 11 is 2.23. The van der Waals surface area contributed by atoms with Gasteiger partial charge in [0, 0.05) is 10.00 Å². The van der Waals surface area contributed by atoms with Crippen LogP contribution in [0.3, 0.4) is 0 Å². The van der Waals surface area contributed by atoms with Gasteiger partial charge in [-0.3, -0.25) is 0 Å². The quantitative estimate of drug-likeness (QED) is 0.485. The van der Waals surface area contributed by atoms with E-state index >= 15 is 0 Å². The van der Waals surface area contributed by atoms with E-state index < -0.39 is 0 Å². The summed E-state index contributed by atoms with van der Waals surface area (Å²) in [5.41, 5.74) is 0. The summed E-state index contributed by atoms with van der Waals surface area (Å²) in [6, 6.07) is 0. The molecule has 0 radical (unpaired) electrons. The lowest BCUT2D eigenvalue weighted by Crippen LogP contribution is -2.10. The highest BCUT2D eigenvalue weighted by atomic mass is 32.2. The molecule has 1 spiro atoms. The zero-order valence-electron chi connectivity index (χ0n) is 6.73. The first-order chi connectivity index (χ1) is 4.83. The average Bonchev–Trinajstić information content (AvgIpc) is 2.60. The molecule has 0 aromatic rings. The van der Waals surface area contributed by atoms with Gasteiger partial charge in [0.15, 0.2) is 0 Å². The van der Waals surface area contributed by atoms with E-state index in [9.17, 15) is 0 Å². The van der Waals surface area contributed by atoms with Crippen LogP contribution in [0.15, 0.2) is 0 Å². The van der Waals surface area contributed by atoms with Crippen LogP contribution in [-0.4, -0.2) is 10.00 Å². The summed E-state index contributed by atoms with van der Waals surface area (Å²) in [5.74, 6) is 0. The Morgan fingerprint density at radius 2 is 1.60 bits per heavy atom. The van der Waals surface area contributed by atoms with Gasteiger partial charge in [0.25, 0.3) is 0 Å². The molecule has 1 heteroatoms. The van der Waals surface area contributed by atoms with E-state index in [4.69, 9.17) is 0 Å². The summed E-state index contributed by atoms with van der Waals surface area (Å²) in [5, 5.41) is 0.991. The molecule has 0 aromatic heterocycles. The first-order valence-corrected chi connectivity index (χ1v) is 5.39. The van der Waals surface area contributed by atoms with Crippen LogP contribution in [0.25, 0.3) is 0 Å². The smallest absolute Gasteiger partial charge is 0.0279 e. The molecule has 0 aromatic carbocycles. The fourth-order valence-electron chi connectivity index (χ4n) is 2.17. The molecule has 0 amide bonds. The van der Waals surface area contributed by atoms with E-state index in [0.717, 1.165) is 10.00 Å². The van der Waals surface area contributed by atoms with Gasteiger partial charge in [0.05, 0.1) is 0 Å². The van der Waals surface area contributed by atoms with Gasteiger partial charge < -0.3 is 0 Å². The fourth-order valence-corrected chi connectivity index (χ4v) is 3.57. The predicted molar refractivity (Wildman–Crippen MR) is 47.5 cm³/mol. The molecule has 2 rings (SSSR count). The van der Waals surface area contributed by atoms with Crippen molar-refractivity contribution in [3.05, 3.63) is 0 Å². The van der Waals surface area contributed by atoms with Crippen LogP contribution >= 0.6 is 11.8 Å². The number of thioether (sulfide) groups is 1. The second kappa shape index (κ2) is 2.44. The lowest BCUT2D eigenvalue weighted by molar-refractivity contribution is 0.570. The summed E-state index contributed by atoms with van der Waals surface area (Å²) in [7, 11) is 0. The molecule has 1 heterocycles. The summed E-state index contributed by atoms with van der Waals surface area (Å²) in [6.45, 7) is 2.40. The topological polar surface area (TPSA) is 0 Å². The number of hydrogen-bond donors (Lipinski definition) is 0. The monoisotopic (exact) mass is 156 g/mol. The van der Waals surface area contributed by atoms with E-state index in [1.165, 1.54) is 38.5 Å². The van der Waals surface area contributed by atoms with Crippen molar-refractivity contribution >= 4 is 11.8 Å². The Morgan fingerprint density at radius 3 is 2.00 bits per heavy atom. The molecule has 0 N–H and O–H groups in total. The lowest BCUT2D eigenvalue weighted by Gasteiger charge is -2.08. The molecule has 1 atom stereocenters. The minimum atomic E-state index is 0.788. The third-order valence-electron chi connectivity index (χ3n) is 3.05. The van der Waals surface area contributed by atoms with Crippen molar-refractivity contribution in [2.24, 2.45) is 0 Å². The standard InChI is InChI=1S/C9H16S/c1-8-9(10-8)6-4-2-3-5-7-9/h8H,2-7H2,1H3. The SMILES string of the molecule is CC1SC12CCCCCC2. The van der Waals surface area contributed by atoms with Crippen LogP contribution in [0.5, 0.6) is 0 Å². The summed E-state index contributed by atoms with van der Waals surface area (Å²) < 4.78 is 0.788. The van der Waals surface area contributed by atoms with Crippen molar-refractivity contribution in [3.8, 4) is 0 Å². The Balaban J connectivity index is 1.95. The van der Waals surface area contributed by atoms with Gasteiger partial charge in [-0.15, -0.1) is 11.8 Å². The van der Waals surface area contributed by atoms with Crippen LogP contribution in [-0.2, 0) is 0 Å². The van der Waals surface area contributed by atoms with Crippen molar-refractivity contribution in [3.63, 3.8) is 0 Å². The Hall–Kier alpha value is 0.350. The van der Waals surface area contributed by atoms with Crippen LogP contribution in [0, 0.1) is 0 Å². The molecule has 2 aliphatic rings. The largest absolute Gasteiger partial charge is 0.149 e. The molecular formula is C9H16S. The van der Waals surface area contributed by atoms with Gasteiger partial charge >= 0.3 is 0 Å². The molecule has 1 aliphatic carbocycles. The van der Waals surface area contributed by atoms with Crippen molar-refractivity contribution in [1.82, 2.24) is 0 Å². The van der Waals surface area contributed by atoms with Crippen LogP contribution in [0.2, 0.25) is 0 Å². The van der Waals surface area contributed by atoms with Gasteiger partial charge in [0.2, 0.25) is 0 Å². The summed E-state index contributed by atoms with van der Waals surface area (Å²) in [4.78, 5) is 0. The maximum atomic E-state index is 2.40. The van der Waals surface area contributed by atoms with Gasteiger partial charge in [-0.2, -0.15) is 0 Å². The lowest BCUT2D eigenvalue weighted by atomic mass is 9.98. The predicted octanol–water partition coefficient (Wildman–Crippen LogP) is 3.21. The number of rotatable bonds is 0. The molecular weight excluding hydrogens is 140 g/mol. The second-order valence-electron chi connectivity index (χ2n) is 3.74. The van der Waals surface area contributed by atoms with Crippen molar-refractivity contribution in [2.45, 2.75) is 55.4 Å². The minimum Gasteiger partial charge on any atom is -0.149 e. The van der Waals surface area contributed by atoms with Crippen LogP contribution in [0.4, 0.5) is 0 Å². The molecule has 0 nitrogen and oxygen atoms in total. The minimum absolute atomic E-state index is 0.788. The van der Waals surface area contributed by atoms with Gasteiger partial charge in [-0.25, -0.2) is 0 Å². The van der Waals surface area contributed by atoms with E-state index in [1.54, 1.807) is 0 Å². The molecule has 10 heavy (non-hydrogen) atoms. The van der Waals surface area contributed by atoms with Gasteiger partial charge in [-0.05, 0) is 12.8 Å². The molecule has 1 unspecified atom stereocenters. The zero-order chi connectivity index (χ0) is 7.03. The number of hydrogen-bond acceptors (Lipinski definition) is 1. The van der Waals surface area contributed by atoms with Crippen molar-refractivity contribution in [1.29, 1.82) is 0 Å².